The summed E-state index contributed by atoms with van der Waals surface area (Å²) in [5.74, 6) is 0.403. The Labute approximate surface area is 137 Å². The quantitative estimate of drug-likeness (QED) is 0.430. The second kappa shape index (κ2) is 9.46. The van der Waals surface area contributed by atoms with E-state index in [1.54, 1.807) is 13.1 Å². The molecule has 0 atom stereocenters. The van der Waals surface area contributed by atoms with Crippen molar-refractivity contribution in [3.63, 3.8) is 0 Å². The van der Waals surface area contributed by atoms with E-state index in [0.717, 1.165) is 5.56 Å². The number of rotatable bonds is 8. The Hall–Kier alpha value is -1.67. The zero-order valence-electron chi connectivity index (χ0n) is 13.8. The lowest BCUT2D eigenvalue weighted by Gasteiger charge is -2.22. The molecular weight excluding hydrogens is 321 g/mol. The fourth-order valence-electron chi connectivity index (χ4n) is 1.92. The van der Waals surface area contributed by atoms with Gasteiger partial charge in [0.2, 0.25) is 0 Å². The van der Waals surface area contributed by atoms with Gasteiger partial charge in [0.15, 0.2) is 5.96 Å². The van der Waals surface area contributed by atoms with E-state index in [2.05, 4.69) is 10.3 Å². The Morgan fingerprint density at radius 3 is 2.74 bits per heavy atom. The standard InChI is InChI=1S/C15H24FN3O3S/c1-17-15(18-7-8-22-9-10-23(3,20)21)19(2)12-13-5-4-6-14(16)11-13/h4-6,11H,7-10,12H2,1-3H3,(H,17,18). The monoisotopic (exact) mass is 345 g/mol. The molecule has 1 rings (SSSR count). The molecule has 0 radical (unpaired) electrons. The molecule has 0 fully saturated rings. The van der Waals surface area contributed by atoms with Crippen molar-refractivity contribution in [1.29, 1.82) is 0 Å². The van der Waals surface area contributed by atoms with Crippen molar-refractivity contribution < 1.29 is 17.5 Å². The van der Waals surface area contributed by atoms with Crippen LogP contribution in [0.2, 0.25) is 0 Å². The number of sulfone groups is 1. The van der Waals surface area contributed by atoms with Crippen LogP contribution in [-0.4, -0.2) is 65.1 Å². The molecule has 0 heterocycles. The predicted octanol–water partition coefficient (Wildman–Crippen LogP) is 0.894. The lowest BCUT2D eigenvalue weighted by atomic mass is 10.2. The van der Waals surface area contributed by atoms with Gasteiger partial charge in [0.25, 0.3) is 0 Å². The maximum atomic E-state index is 13.2. The van der Waals surface area contributed by atoms with E-state index in [9.17, 15) is 12.8 Å². The normalized spacial score (nSPS) is 12.3. The average Bonchev–Trinajstić information content (AvgIpc) is 2.45. The van der Waals surface area contributed by atoms with E-state index in [4.69, 9.17) is 4.74 Å². The Kier molecular flexibility index (Phi) is 7.97. The summed E-state index contributed by atoms with van der Waals surface area (Å²) in [5, 5.41) is 3.11. The molecule has 0 aliphatic rings. The molecular formula is C15H24FN3O3S. The third-order valence-corrected chi connectivity index (χ3v) is 3.92. The number of ether oxygens (including phenoxy) is 1. The van der Waals surface area contributed by atoms with Gasteiger partial charge in [-0.2, -0.15) is 0 Å². The van der Waals surface area contributed by atoms with E-state index < -0.39 is 9.84 Å². The third kappa shape index (κ3) is 8.51. The van der Waals surface area contributed by atoms with Crippen molar-refractivity contribution in [3.05, 3.63) is 35.6 Å². The van der Waals surface area contributed by atoms with Gasteiger partial charge in [-0.25, -0.2) is 12.8 Å². The second-order valence-electron chi connectivity index (χ2n) is 5.20. The van der Waals surface area contributed by atoms with Crippen LogP contribution in [0.15, 0.2) is 29.3 Å². The van der Waals surface area contributed by atoms with E-state index in [0.29, 0.717) is 25.7 Å². The first kappa shape index (κ1) is 19.4. The minimum absolute atomic E-state index is 0.0151. The highest BCUT2D eigenvalue weighted by Gasteiger charge is 2.07. The SMILES string of the molecule is CN=C(NCCOCCS(C)(=O)=O)N(C)Cc1cccc(F)c1. The van der Waals surface area contributed by atoms with Crippen LogP contribution in [0, 0.1) is 5.82 Å². The van der Waals surface area contributed by atoms with Crippen molar-refractivity contribution in [2.75, 3.05) is 45.9 Å². The second-order valence-corrected chi connectivity index (χ2v) is 7.46. The van der Waals surface area contributed by atoms with Crippen molar-refractivity contribution in [2.45, 2.75) is 6.54 Å². The van der Waals surface area contributed by atoms with Crippen molar-refractivity contribution in [2.24, 2.45) is 4.99 Å². The Morgan fingerprint density at radius 2 is 2.13 bits per heavy atom. The molecule has 0 aliphatic carbocycles. The Morgan fingerprint density at radius 1 is 1.39 bits per heavy atom. The van der Waals surface area contributed by atoms with Crippen LogP contribution >= 0.6 is 0 Å². The lowest BCUT2D eigenvalue weighted by molar-refractivity contribution is 0.153. The molecule has 130 valence electrons. The van der Waals surface area contributed by atoms with Crippen LogP contribution in [0.4, 0.5) is 4.39 Å². The molecule has 0 aliphatic heterocycles. The number of aliphatic imine (C=N–C) groups is 1. The van der Waals surface area contributed by atoms with Crippen LogP contribution in [0.25, 0.3) is 0 Å². The van der Waals surface area contributed by atoms with Gasteiger partial charge in [0, 0.05) is 33.4 Å². The molecule has 8 heteroatoms. The lowest BCUT2D eigenvalue weighted by Crippen LogP contribution is -2.40. The van der Waals surface area contributed by atoms with Crippen LogP contribution in [0.5, 0.6) is 0 Å². The molecule has 0 amide bonds. The number of nitrogens with one attached hydrogen (secondary N) is 1. The smallest absolute Gasteiger partial charge is 0.193 e. The van der Waals surface area contributed by atoms with Gasteiger partial charge < -0.3 is 15.0 Å². The van der Waals surface area contributed by atoms with Gasteiger partial charge in [-0.15, -0.1) is 0 Å². The first-order valence-corrected chi connectivity index (χ1v) is 9.29. The molecule has 1 aromatic carbocycles. The minimum Gasteiger partial charge on any atom is -0.379 e. The van der Waals surface area contributed by atoms with Gasteiger partial charge in [-0.3, -0.25) is 4.99 Å². The predicted molar refractivity (Wildman–Crippen MR) is 89.8 cm³/mol. The maximum Gasteiger partial charge on any atom is 0.193 e. The topological polar surface area (TPSA) is 71.0 Å². The highest BCUT2D eigenvalue weighted by atomic mass is 32.2. The third-order valence-electron chi connectivity index (χ3n) is 3.01. The first-order valence-electron chi connectivity index (χ1n) is 7.23. The number of guanidine groups is 1. The van der Waals surface area contributed by atoms with Crippen LogP contribution in [0.3, 0.4) is 0 Å². The van der Waals surface area contributed by atoms with Gasteiger partial charge >= 0.3 is 0 Å². The summed E-state index contributed by atoms with van der Waals surface area (Å²) in [5.41, 5.74) is 0.847. The summed E-state index contributed by atoms with van der Waals surface area (Å²) in [7, 11) is 0.522. The summed E-state index contributed by atoms with van der Waals surface area (Å²) in [4.78, 5) is 6.02. The van der Waals surface area contributed by atoms with Crippen LogP contribution in [0.1, 0.15) is 5.56 Å². The zero-order chi connectivity index (χ0) is 17.3. The number of benzene rings is 1. The number of hydrogen-bond donors (Lipinski definition) is 1. The maximum absolute atomic E-state index is 13.2. The number of nitrogens with zero attached hydrogens (tertiary/aromatic N) is 2. The number of hydrogen-bond acceptors (Lipinski definition) is 4. The van der Waals surface area contributed by atoms with Gasteiger partial charge in [-0.05, 0) is 17.7 Å². The fraction of sp³-hybridized carbons (Fsp3) is 0.533. The van der Waals surface area contributed by atoms with Crippen LogP contribution < -0.4 is 5.32 Å². The van der Waals surface area contributed by atoms with E-state index in [-0.39, 0.29) is 18.2 Å². The van der Waals surface area contributed by atoms with Crippen molar-refractivity contribution >= 4 is 15.8 Å². The van der Waals surface area contributed by atoms with E-state index in [1.807, 2.05) is 18.0 Å². The van der Waals surface area contributed by atoms with Gasteiger partial charge in [0.05, 0.1) is 19.0 Å². The molecule has 1 N–H and O–H groups in total. The molecule has 0 bridgehead atoms. The first-order chi connectivity index (χ1) is 10.8. The molecule has 6 nitrogen and oxygen atoms in total. The Bertz CT molecular complexity index is 620. The summed E-state index contributed by atoms with van der Waals surface area (Å²) >= 11 is 0. The molecule has 0 saturated heterocycles. The minimum atomic E-state index is -2.99. The number of halogens is 1. The molecule has 23 heavy (non-hydrogen) atoms. The molecule has 0 unspecified atom stereocenters. The largest absolute Gasteiger partial charge is 0.379 e. The van der Waals surface area contributed by atoms with Crippen molar-refractivity contribution in [3.8, 4) is 0 Å². The molecule has 0 saturated carbocycles. The van der Waals surface area contributed by atoms with Gasteiger partial charge in [0.1, 0.15) is 15.7 Å². The Balaban J connectivity index is 2.33. The highest BCUT2D eigenvalue weighted by Crippen LogP contribution is 2.06. The molecule has 0 spiro atoms. The molecule has 1 aromatic rings. The van der Waals surface area contributed by atoms with Gasteiger partial charge in [-0.1, -0.05) is 12.1 Å². The fourth-order valence-corrected chi connectivity index (χ4v) is 2.34. The molecule has 0 aromatic heterocycles. The average molecular weight is 345 g/mol. The van der Waals surface area contributed by atoms with E-state index >= 15 is 0 Å². The summed E-state index contributed by atoms with van der Waals surface area (Å²) in [6.45, 7) is 1.58. The summed E-state index contributed by atoms with van der Waals surface area (Å²) < 4.78 is 40.3. The van der Waals surface area contributed by atoms with Crippen molar-refractivity contribution in [1.82, 2.24) is 10.2 Å². The highest BCUT2D eigenvalue weighted by molar-refractivity contribution is 7.90. The van der Waals surface area contributed by atoms with Crippen LogP contribution in [-0.2, 0) is 21.1 Å². The summed E-state index contributed by atoms with van der Waals surface area (Å²) in [6, 6.07) is 6.41. The van der Waals surface area contributed by atoms with E-state index in [1.165, 1.54) is 18.4 Å². The zero-order valence-corrected chi connectivity index (χ0v) is 14.6. The summed E-state index contributed by atoms with van der Waals surface area (Å²) in [6.07, 6.45) is 1.18.